The first kappa shape index (κ1) is 25.2. The van der Waals surface area contributed by atoms with Crippen LogP contribution in [0.15, 0.2) is 48.5 Å². The van der Waals surface area contributed by atoms with Crippen molar-refractivity contribution in [1.82, 2.24) is 9.88 Å². The number of aryl methyl sites for hydroxylation is 1. The second-order valence-corrected chi connectivity index (χ2v) is 9.73. The molecule has 0 saturated carbocycles. The van der Waals surface area contributed by atoms with Gasteiger partial charge in [-0.15, -0.1) is 11.3 Å². The third kappa shape index (κ3) is 6.01. The maximum absolute atomic E-state index is 13.1. The van der Waals surface area contributed by atoms with Gasteiger partial charge < -0.3 is 25.7 Å². The van der Waals surface area contributed by atoms with Gasteiger partial charge in [-0.3, -0.25) is 0 Å². The van der Waals surface area contributed by atoms with Gasteiger partial charge >= 0.3 is 18.0 Å². The number of anilines is 2. The van der Waals surface area contributed by atoms with Crippen LogP contribution in [0.1, 0.15) is 56.6 Å². The van der Waals surface area contributed by atoms with Crippen LogP contribution in [0.3, 0.4) is 0 Å². The van der Waals surface area contributed by atoms with E-state index < -0.39 is 11.9 Å². The second kappa shape index (κ2) is 11.2. The number of carboxylic acid groups (broad SMARTS) is 2. The Hall–Kier alpha value is -3.92. The summed E-state index contributed by atoms with van der Waals surface area (Å²) in [6, 6.07) is 12.8. The lowest BCUT2D eigenvalue weighted by Gasteiger charge is -2.33. The molecule has 1 aliphatic rings. The van der Waals surface area contributed by atoms with Crippen LogP contribution in [-0.4, -0.2) is 50.7 Å². The molecule has 188 valence electrons. The average Bonchev–Trinajstić information content (AvgIpc) is 3.28. The minimum absolute atomic E-state index is 0.0250. The number of thiazole rings is 1. The van der Waals surface area contributed by atoms with Crippen molar-refractivity contribution in [2.45, 2.75) is 45.2 Å². The quantitative estimate of drug-likeness (QED) is 0.321. The van der Waals surface area contributed by atoms with Gasteiger partial charge in [-0.2, -0.15) is 0 Å². The number of carboxylic acids is 2. The Morgan fingerprint density at radius 3 is 2.53 bits per heavy atom. The predicted molar refractivity (Wildman–Crippen MR) is 138 cm³/mol. The number of rotatable bonds is 9. The Kier molecular flexibility index (Phi) is 7.84. The van der Waals surface area contributed by atoms with Gasteiger partial charge in [0.05, 0.1) is 16.8 Å². The smallest absolute Gasteiger partial charge is 0.335 e. The van der Waals surface area contributed by atoms with Gasteiger partial charge in [-0.05, 0) is 55.2 Å². The van der Waals surface area contributed by atoms with E-state index >= 15 is 0 Å². The summed E-state index contributed by atoms with van der Waals surface area (Å²) in [7, 11) is 0. The first-order valence-corrected chi connectivity index (χ1v) is 12.6. The van der Waals surface area contributed by atoms with E-state index in [1.807, 2.05) is 11.8 Å². The van der Waals surface area contributed by atoms with Crippen molar-refractivity contribution in [2.24, 2.45) is 0 Å². The lowest BCUT2D eigenvalue weighted by atomic mass is 9.96. The summed E-state index contributed by atoms with van der Waals surface area (Å²) in [5.74, 6) is -1.99. The van der Waals surface area contributed by atoms with Crippen LogP contribution < -0.4 is 10.6 Å². The molecule has 1 unspecified atom stereocenters. The Morgan fingerprint density at radius 1 is 1.08 bits per heavy atom. The summed E-state index contributed by atoms with van der Waals surface area (Å²) in [6.07, 6.45) is 3.09. The Bertz CT molecular complexity index is 1260. The first-order chi connectivity index (χ1) is 17.3. The van der Waals surface area contributed by atoms with Gasteiger partial charge in [0.1, 0.15) is 0 Å². The van der Waals surface area contributed by atoms with Crippen LogP contribution in [0.2, 0.25) is 0 Å². The highest BCUT2D eigenvalue weighted by Crippen LogP contribution is 2.32. The van der Waals surface area contributed by atoms with E-state index in [1.54, 1.807) is 47.7 Å². The predicted octanol–water partition coefficient (Wildman–Crippen LogP) is 4.95. The fraction of sp³-hybridized carbons (Fsp3) is 0.308. The molecule has 0 bridgehead atoms. The van der Waals surface area contributed by atoms with E-state index in [2.05, 4.69) is 10.6 Å². The molecular weight excluding hydrogens is 480 g/mol. The zero-order chi connectivity index (χ0) is 25.7. The number of urea groups is 1. The lowest BCUT2D eigenvalue weighted by Crippen LogP contribution is -2.45. The fourth-order valence-electron chi connectivity index (χ4n) is 4.26. The van der Waals surface area contributed by atoms with E-state index in [0.717, 1.165) is 40.5 Å². The number of amides is 2. The van der Waals surface area contributed by atoms with E-state index in [-0.39, 0.29) is 23.2 Å². The number of aromatic carboxylic acids is 2. The Morgan fingerprint density at radius 2 is 1.83 bits per heavy atom. The summed E-state index contributed by atoms with van der Waals surface area (Å²) in [4.78, 5) is 43.1. The number of hydrogen-bond acceptors (Lipinski definition) is 6. The summed E-state index contributed by atoms with van der Waals surface area (Å²) < 4.78 is 0. The van der Waals surface area contributed by atoms with Crippen molar-refractivity contribution in [3.63, 3.8) is 0 Å². The Balaban J connectivity index is 1.40. The topological polar surface area (TPSA) is 132 Å². The van der Waals surface area contributed by atoms with Crippen LogP contribution in [0.25, 0.3) is 0 Å². The summed E-state index contributed by atoms with van der Waals surface area (Å²) in [5.41, 5.74) is 2.84. The van der Waals surface area contributed by atoms with E-state index in [0.29, 0.717) is 25.2 Å². The molecule has 0 saturated heterocycles. The minimum atomic E-state index is -1.04. The maximum Gasteiger partial charge on any atom is 0.335 e. The molecule has 0 radical (unpaired) electrons. The van der Waals surface area contributed by atoms with Crippen LogP contribution in [0.5, 0.6) is 0 Å². The number of nitrogens with one attached hydrogen (secondary N) is 2. The molecule has 2 amide bonds. The number of benzene rings is 2. The van der Waals surface area contributed by atoms with Crippen molar-refractivity contribution in [3.8, 4) is 0 Å². The molecule has 3 aromatic rings. The highest BCUT2D eigenvalue weighted by molar-refractivity contribution is 7.15. The minimum Gasteiger partial charge on any atom is -0.478 e. The molecule has 0 fully saturated rings. The summed E-state index contributed by atoms with van der Waals surface area (Å²) >= 11 is 1.58. The average molecular weight is 509 g/mol. The largest absolute Gasteiger partial charge is 0.478 e. The Labute approximate surface area is 212 Å². The van der Waals surface area contributed by atoms with Crippen molar-refractivity contribution in [1.29, 1.82) is 0 Å². The molecule has 10 heteroatoms. The van der Waals surface area contributed by atoms with Crippen molar-refractivity contribution >= 4 is 40.1 Å². The number of carbonyl (C=O) groups excluding carboxylic acids is 1. The van der Waals surface area contributed by atoms with Crippen molar-refractivity contribution in [2.75, 3.05) is 17.2 Å². The van der Waals surface area contributed by atoms with Crippen LogP contribution in [0.4, 0.5) is 15.6 Å². The monoisotopic (exact) mass is 508 g/mol. The second-order valence-electron chi connectivity index (χ2n) is 8.65. The number of carbonyl (C=O) groups is 3. The molecule has 36 heavy (non-hydrogen) atoms. The van der Waals surface area contributed by atoms with Crippen LogP contribution in [0, 0.1) is 0 Å². The van der Waals surface area contributed by atoms with Crippen LogP contribution in [-0.2, 0) is 19.4 Å². The molecule has 2 aromatic carbocycles. The molecule has 1 aromatic heterocycles. The van der Waals surface area contributed by atoms with Gasteiger partial charge in [-0.1, -0.05) is 25.1 Å². The number of nitrogens with zero attached hydrogens (tertiary/aromatic N) is 2. The maximum atomic E-state index is 13.1. The molecule has 4 N–H and O–H groups in total. The van der Waals surface area contributed by atoms with Gasteiger partial charge in [-0.25, -0.2) is 19.4 Å². The van der Waals surface area contributed by atoms with Gasteiger partial charge in [0.15, 0.2) is 5.13 Å². The van der Waals surface area contributed by atoms with Gasteiger partial charge in [0.2, 0.25) is 0 Å². The highest BCUT2D eigenvalue weighted by atomic mass is 32.1. The standard InChI is InChI=1S/C26H28N4O5S/c1-2-12-30(26(35)28-19-5-3-4-18(13-19)24(33)34)20-10-11-21-22(14-20)36-25(29-21)27-15-16-6-8-17(9-7-16)23(31)32/h3-9,13,20H,2,10-12,14-15H2,1H3,(H,27,29)(H,28,35)(H,31,32)(H,33,34). The zero-order valence-electron chi connectivity index (χ0n) is 19.9. The molecule has 1 atom stereocenters. The first-order valence-electron chi connectivity index (χ1n) is 11.8. The zero-order valence-corrected chi connectivity index (χ0v) is 20.7. The third-order valence-electron chi connectivity index (χ3n) is 6.09. The van der Waals surface area contributed by atoms with E-state index in [9.17, 15) is 19.5 Å². The molecular formula is C26H28N4O5S. The SMILES string of the molecule is CCCN(C(=O)Nc1cccc(C(=O)O)c1)C1CCc2nc(NCc3ccc(C(=O)O)cc3)sc2C1. The van der Waals surface area contributed by atoms with E-state index in [4.69, 9.17) is 10.1 Å². The number of aromatic nitrogens is 1. The van der Waals surface area contributed by atoms with E-state index in [1.165, 1.54) is 12.1 Å². The van der Waals surface area contributed by atoms with Crippen molar-refractivity contribution < 1.29 is 24.6 Å². The fourth-order valence-corrected chi connectivity index (χ4v) is 5.33. The summed E-state index contributed by atoms with van der Waals surface area (Å²) in [6.45, 7) is 3.16. The summed E-state index contributed by atoms with van der Waals surface area (Å²) in [5, 5.41) is 25.2. The lowest BCUT2D eigenvalue weighted by molar-refractivity contribution is 0.0686. The number of hydrogen-bond donors (Lipinski definition) is 4. The third-order valence-corrected chi connectivity index (χ3v) is 7.16. The highest BCUT2D eigenvalue weighted by Gasteiger charge is 2.29. The molecule has 9 nitrogen and oxygen atoms in total. The van der Waals surface area contributed by atoms with Gasteiger partial charge in [0.25, 0.3) is 0 Å². The molecule has 1 heterocycles. The number of fused-ring (bicyclic) bond motifs is 1. The van der Waals surface area contributed by atoms with Gasteiger partial charge in [0, 0.05) is 36.1 Å². The molecule has 1 aliphatic carbocycles. The van der Waals surface area contributed by atoms with Crippen LogP contribution >= 0.6 is 11.3 Å². The molecule has 0 aliphatic heterocycles. The van der Waals surface area contributed by atoms with Crippen molar-refractivity contribution in [3.05, 3.63) is 75.8 Å². The normalized spacial score (nSPS) is 14.5. The molecule has 4 rings (SSSR count). The molecule has 0 spiro atoms.